The van der Waals surface area contributed by atoms with E-state index in [-0.39, 0.29) is 30.5 Å². The maximum absolute atomic E-state index is 14.2. The molecular formula is C44H79N5O5. The van der Waals surface area contributed by atoms with E-state index >= 15 is 0 Å². The summed E-state index contributed by atoms with van der Waals surface area (Å²) in [6, 6.07) is -0.954. The van der Waals surface area contributed by atoms with Gasteiger partial charge in [0.1, 0.15) is 11.6 Å². The third kappa shape index (κ3) is 9.96. The molecule has 1 heterocycles. The fourth-order valence-electron chi connectivity index (χ4n) is 12.5. The highest BCUT2D eigenvalue weighted by Gasteiger charge is 2.60. The molecule has 5 aliphatic rings. The molecule has 11 atom stereocenters. The minimum Gasteiger partial charge on any atom is -0.444 e. The first-order valence-corrected chi connectivity index (χ1v) is 21.9. The van der Waals surface area contributed by atoms with Crippen LogP contribution in [0, 0.1) is 46.3 Å². The summed E-state index contributed by atoms with van der Waals surface area (Å²) < 4.78 is 5.80. The summed E-state index contributed by atoms with van der Waals surface area (Å²) in [7, 11) is 8.16. The molecule has 4 aliphatic carbocycles. The van der Waals surface area contributed by atoms with Crippen molar-refractivity contribution in [1.82, 2.24) is 24.9 Å². The highest BCUT2D eigenvalue weighted by Crippen LogP contribution is 2.68. The first-order chi connectivity index (χ1) is 25.3. The van der Waals surface area contributed by atoms with Crippen LogP contribution in [0.5, 0.6) is 0 Å². The maximum atomic E-state index is 14.2. The molecule has 0 spiro atoms. The van der Waals surface area contributed by atoms with Crippen molar-refractivity contribution in [2.45, 2.75) is 155 Å². The summed E-state index contributed by atoms with van der Waals surface area (Å²) in [6.45, 7) is 16.4. The highest BCUT2D eigenvalue weighted by atomic mass is 16.6. The van der Waals surface area contributed by atoms with E-state index in [1.165, 1.54) is 44.9 Å². The predicted molar refractivity (Wildman–Crippen MR) is 216 cm³/mol. The molecule has 5 unspecified atom stereocenters. The molecule has 3 amide bonds. The molecule has 10 heteroatoms. The average molecular weight is 758 g/mol. The number of amides is 3. The molecule has 4 saturated carbocycles. The Hall–Kier alpha value is -1.91. The van der Waals surface area contributed by atoms with Crippen molar-refractivity contribution in [3.63, 3.8) is 0 Å². The second kappa shape index (κ2) is 17.7. The largest absolute Gasteiger partial charge is 0.444 e. The number of aliphatic hydroxyl groups is 1. The fourth-order valence-corrected chi connectivity index (χ4v) is 12.5. The quantitative estimate of drug-likeness (QED) is 0.205. The fraction of sp³-hybridized carbons (Fsp3) is 0.932. The first-order valence-electron chi connectivity index (χ1n) is 21.9. The molecule has 0 aromatic carbocycles. The summed E-state index contributed by atoms with van der Waals surface area (Å²) >= 11 is 0. The lowest BCUT2D eigenvalue weighted by atomic mass is 9.44. The Bertz CT molecular complexity index is 1270. The Morgan fingerprint density at radius 2 is 1.48 bits per heavy atom. The molecule has 0 aromatic heterocycles. The minimum atomic E-state index is -0.689. The van der Waals surface area contributed by atoms with Gasteiger partial charge in [0.05, 0.1) is 6.10 Å². The normalized spacial score (nSPS) is 35.7. The van der Waals surface area contributed by atoms with Gasteiger partial charge in [-0.15, -0.1) is 0 Å². The zero-order valence-electron chi connectivity index (χ0n) is 36.0. The lowest BCUT2D eigenvalue weighted by Crippen LogP contribution is -2.54. The number of likely N-dealkylation sites (tertiary alicyclic amines) is 1. The molecule has 0 bridgehead atoms. The minimum absolute atomic E-state index is 0.0204. The Morgan fingerprint density at radius 1 is 0.852 bits per heavy atom. The number of rotatable bonds is 14. The Morgan fingerprint density at radius 3 is 2.11 bits per heavy atom. The summed E-state index contributed by atoms with van der Waals surface area (Å²) in [5.74, 6) is 4.14. The Kier molecular flexibility index (Phi) is 14.2. The predicted octanol–water partition coefficient (Wildman–Crippen LogP) is 6.65. The van der Waals surface area contributed by atoms with Crippen LogP contribution in [-0.2, 0) is 14.3 Å². The summed E-state index contributed by atoms with van der Waals surface area (Å²) in [6.07, 6.45) is 13.8. The molecule has 1 aliphatic heterocycles. The number of hydrogen-bond acceptors (Lipinski definition) is 7. The summed E-state index contributed by atoms with van der Waals surface area (Å²) in [4.78, 5) is 49.1. The van der Waals surface area contributed by atoms with E-state index in [9.17, 15) is 19.5 Å². The molecule has 0 aromatic rings. The zero-order valence-corrected chi connectivity index (χ0v) is 36.0. The number of ether oxygens (including phenoxy) is 1. The van der Waals surface area contributed by atoms with Gasteiger partial charge in [0.2, 0.25) is 11.8 Å². The van der Waals surface area contributed by atoms with Crippen LogP contribution in [0.3, 0.4) is 0 Å². The van der Waals surface area contributed by atoms with Gasteiger partial charge < -0.3 is 29.9 Å². The molecule has 0 radical (unpaired) electrons. The van der Waals surface area contributed by atoms with Crippen LogP contribution in [0.4, 0.5) is 4.79 Å². The van der Waals surface area contributed by atoms with Crippen LogP contribution >= 0.6 is 0 Å². The van der Waals surface area contributed by atoms with E-state index in [4.69, 9.17) is 4.74 Å². The van der Waals surface area contributed by atoms with Crippen molar-refractivity contribution in [1.29, 1.82) is 0 Å². The van der Waals surface area contributed by atoms with Gasteiger partial charge in [0.25, 0.3) is 0 Å². The third-order valence-corrected chi connectivity index (χ3v) is 15.2. The monoisotopic (exact) mass is 758 g/mol. The maximum Gasteiger partial charge on any atom is 0.411 e. The van der Waals surface area contributed by atoms with E-state index in [0.29, 0.717) is 54.5 Å². The number of carbonyl (C=O) groups excluding carboxylic acids is 3. The van der Waals surface area contributed by atoms with Crippen molar-refractivity contribution in [2.75, 3.05) is 60.9 Å². The number of aliphatic hydroxyl groups excluding tert-OH is 1. The van der Waals surface area contributed by atoms with Crippen LogP contribution in [0.25, 0.3) is 0 Å². The molecule has 54 heavy (non-hydrogen) atoms. The van der Waals surface area contributed by atoms with Gasteiger partial charge in [0.15, 0.2) is 0 Å². The summed E-state index contributed by atoms with van der Waals surface area (Å²) in [5.41, 5.74) is 0.0438. The van der Waals surface area contributed by atoms with Gasteiger partial charge in [-0.3, -0.25) is 14.5 Å². The number of nitrogens with zero attached hydrogens (tertiary/aromatic N) is 4. The van der Waals surface area contributed by atoms with Crippen LogP contribution < -0.4 is 5.32 Å². The number of nitrogens with one attached hydrogen (secondary N) is 1. The summed E-state index contributed by atoms with van der Waals surface area (Å²) in [5, 5.41) is 13.7. The van der Waals surface area contributed by atoms with Crippen molar-refractivity contribution in [3.05, 3.63) is 0 Å². The molecule has 2 N–H and O–H groups in total. The van der Waals surface area contributed by atoms with Gasteiger partial charge in [-0.25, -0.2) is 4.79 Å². The van der Waals surface area contributed by atoms with Crippen LogP contribution in [0.15, 0.2) is 0 Å². The van der Waals surface area contributed by atoms with E-state index in [2.05, 4.69) is 35.9 Å². The zero-order chi connectivity index (χ0) is 39.6. The topological polar surface area (TPSA) is 106 Å². The Balaban J connectivity index is 1.19. The number of carbonyl (C=O) groups is 3. The van der Waals surface area contributed by atoms with Gasteiger partial charge in [0, 0.05) is 32.1 Å². The van der Waals surface area contributed by atoms with Crippen molar-refractivity contribution < 1.29 is 24.2 Å². The smallest absolute Gasteiger partial charge is 0.411 e. The van der Waals surface area contributed by atoms with Gasteiger partial charge in [-0.05, 0) is 192 Å². The van der Waals surface area contributed by atoms with E-state index in [1.807, 2.05) is 53.9 Å². The highest BCUT2D eigenvalue weighted by molar-refractivity contribution is 5.87. The SMILES string of the molecule is C[C@H](CCC(=O)NC1C[C@@H](C(=O)N(CCCN(C)C)CCCN(C)C)N(C(=O)OC(C)(C)C)C1)[C@H]1CCC2C3CCC4C[C@H](O)CC[C@]4(C)C3CC[C@@]21C. The standard InChI is InChI=1S/C44H79N5O5/c1-30(35-16-17-36-34-15-14-31-27-33(50)19-21-43(31,5)37(34)20-22-44(35,36)6)13-18-39(51)45-32-28-38(49(29-32)41(53)54-42(2,3)4)40(52)48(25-11-23-46(7)8)26-12-24-47(9)10/h30-38,50H,11-29H2,1-10H3,(H,45,51)/t30-,31?,32?,33-,34?,35-,36?,37?,38+,43+,44-/m1/s1. The van der Waals surface area contributed by atoms with E-state index < -0.39 is 17.7 Å². The van der Waals surface area contributed by atoms with Gasteiger partial charge in [-0.1, -0.05) is 20.8 Å². The lowest BCUT2D eigenvalue weighted by molar-refractivity contribution is -0.136. The van der Waals surface area contributed by atoms with Crippen LogP contribution in [0.1, 0.15) is 131 Å². The third-order valence-electron chi connectivity index (χ3n) is 15.2. The number of fused-ring (bicyclic) bond motifs is 5. The molecule has 10 nitrogen and oxygen atoms in total. The average Bonchev–Trinajstić information content (AvgIpc) is 3.66. The van der Waals surface area contributed by atoms with Crippen molar-refractivity contribution in [3.8, 4) is 0 Å². The molecular weight excluding hydrogens is 679 g/mol. The van der Waals surface area contributed by atoms with Crippen LogP contribution in [0.2, 0.25) is 0 Å². The van der Waals surface area contributed by atoms with E-state index in [1.54, 1.807) is 4.90 Å². The Labute approximate surface area is 328 Å². The van der Waals surface area contributed by atoms with Gasteiger partial charge in [-0.2, -0.15) is 0 Å². The lowest BCUT2D eigenvalue weighted by Gasteiger charge is -2.61. The van der Waals surface area contributed by atoms with Crippen molar-refractivity contribution >= 4 is 17.9 Å². The second-order valence-corrected chi connectivity index (χ2v) is 20.6. The molecule has 1 saturated heterocycles. The van der Waals surface area contributed by atoms with Crippen molar-refractivity contribution in [2.24, 2.45) is 46.3 Å². The first kappa shape index (κ1) is 43.2. The van der Waals surface area contributed by atoms with E-state index in [0.717, 1.165) is 62.9 Å². The van der Waals surface area contributed by atoms with Gasteiger partial charge >= 0.3 is 6.09 Å². The second-order valence-electron chi connectivity index (χ2n) is 20.6. The molecule has 5 fully saturated rings. The molecule has 310 valence electrons. The molecule has 5 rings (SSSR count). The number of hydrogen-bond donors (Lipinski definition) is 2. The van der Waals surface area contributed by atoms with Crippen LogP contribution in [-0.4, -0.2) is 127 Å².